The molecule has 2 spiro atoms. The van der Waals surface area contributed by atoms with Gasteiger partial charge in [-0.25, -0.2) is 0 Å². The summed E-state index contributed by atoms with van der Waals surface area (Å²) in [6.07, 6.45) is 1.39. The maximum absolute atomic E-state index is 14.5. The van der Waals surface area contributed by atoms with Gasteiger partial charge >= 0.3 is 0 Å². The smallest absolute Gasteiger partial charge is 0.270 e. The number of hydrogen-bond acceptors (Lipinski definition) is 6. The quantitative estimate of drug-likeness (QED) is 0.314. The number of carbonyl (C=O) groups is 3. The normalized spacial score (nSPS) is 28.8. The number of fused-ring (bicyclic) bond motifs is 7. The summed E-state index contributed by atoms with van der Waals surface area (Å²) in [7, 11) is 0. The molecule has 0 aliphatic carbocycles. The molecule has 4 aliphatic heterocycles. The second kappa shape index (κ2) is 7.58. The number of hydrogen-bond donors (Lipinski definition) is 2. The van der Waals surface area contributed by atoms with E-state index in [9.17, 15) is 24.5 Å². The van der Waals surface area contributed by atoms with Gasteiger partial charge in [-0.2, -0.15) is 0 Å². The van der Waals surface area contributed by atoms with Crippen molar-refractivity contribution in [2.75, 3.05) is 17.2 Å². The van der Waals surface area contributed by atoms with Crippen LogP contribution in [0.1, 0.15) is 39.9 Å². The van der Waals surface area contributed by atoms with E-state index in [1.54, 1.807) is 12.1 Å². The number of aryl methyl sites for hydroxylation is 1. The molecule has 0 radical (unpaired) electrons. The number of para-hydroxylation sites is 1. The molecule has 2 N–H and O–H groups in total. The first kappa shape index (κ1) is 22.8. The Morgan fingerprint density at radius 2 is 1.74 bits per heavy atom. The monoisotopic (exact) mass is 508 g/mol. The van der Waals surface area contributed by atoms with Crippen molar-refractivity contribution in [3.63, 3.8) is 0 Å². The molecule has 0 bridgehead atoms. The summed E-state index contributed by atoms with van der Waals surface area (Å²) in [6, 6.07) is 18.2. The summed E-state index contributed by atoms with van der Waals surface area (Å²) in [6.45, 7) is 2.48. The number of non-ortho nitro benzene ring substituents is 1. The molecule has 0 aromatic heterocycles. The molecule has 9 nitrogen and oxygen atoms in total. The average molecular weight is 509 g/mol. The summed E-state index contributed by atoms with van der Waals surface area (Å²) in [4.78, 5) is 56.4. The highest BCUT2D eigenvalue weighted by molar-refractivity contribution is 6.21. The van der Waals surface area contributed by atoms with Gasteiger partial charge in [-0.05, 0) is 44.0 Å². The molecule has 2 fully saturated rings. The predicted octanol–water partition coefficient (Wildman–Crippen LogP) is 3.92. The zero-order valence-corrected chi connectivity index (χ0v) is 20.6. The molecule has 2 saturated heterocycles. The van der Waals surface area contributed by atoms with E-state index in [-0.39, 0.29) is 22.9 Å². The Kier molecular flexibility index (Phi) is 4.55. The van der Waals surface area contributed by atoms with Crippen LogP contribution in [0, 0.1) is 23.0 Å². The van der Waals surface area contributed by atoms with Crippen LogP contribution in [0.25, 0.3) is 0 Å². The summed E-state index contributed by atoms with van der Waals surface area (Å²) >= 11 is 0. The molecule has 4 heterocycles. The largest absolute Gasteiger partial charge is 0.325 e. The van der Waals surface area contributed by atoms with Crippen LogP contribution in [-0.2, 0) is 20.5 Å². The zero-order valence-electron chi connectivity index (χ0n) is 20.6. The molecular formula is C29H24N4O5. The van der Waals surface area contributed by atoms with Crippen LogP contribution < -0.4 is 10.6 Å². The molecule has 38 heavy (non-hydrogen) atoms. The van der Waals surface area contributed by atoms with Gasteiger partial charge in [0.25, 0.3) is 11.6 Å². The van der Waals surface area contributed by atoms with Gasteiger partial charge in [-0.1, -0.05) is 48.0 Å². The predicted molar refractivity (Wildman–Crippen MR) is 139 cm³/mol. The third-order valence-corrected chi connectivity index (χ3v) is 8.88. The van der Waals surface area contributed by atoms with Gasteiger partial charge in [0.2, 0.25) is 5.91 Å². The third-order valence-electron chi connectivity index (χ3n) is 8.88. The van der Waals surface area contributed by atoms with Crippen molar-refractivity contribution >= 4 is 34.7 Å². The van der Waals surface area contributed by atoms with Crippen molar-refractivity contribution in [2.24, 2.45) is 5.92 Å². The van der Waals surface area contributed by atoms with E-state index in [2.05, 4.69) is 15.5 Å². The van der Waals surface area contributed by atoms with E-state index in [0.717, 1.165) is 12.0 Å². The number of benzene rings is 3. The van der Waals surface area contributed by atoms with Crippen LogP contribution in [-0.4, -0.2) is 40.0 Å². The fraction of sp³-hybridized carbons (Fsp3) is 0.276. The first-order valence-electron chi connectivity index (χ1n) is 12.7. The minimum absolute atomic E-state index is 0.160. The van der Waals surface area contributed by atoms with E-state index in [0.29, 0.717) is 35.5 Å². The van der Waals surface area contributed by atoms with Crippen LogP contribution >= 0.6 is 0 Å². The molecule has 7 rings (SSSR count). The van der Waals surface area contributed by atoms with Crippen molar-refractivity contribution in [2.45, 2.75) is 36.8 Å². The van der Waals surface area contributed by atoms with Crippen LogP contribution in [0.4, 0.5) is 17.1 Å². The second-order valence-electron chi connectivity index (χ2n) is 10.6. The van der Waals surface area contributed by atoms with Crippen molar-refractivity contribution in [3.8, 4) is 0 Å². The third kappa shape index (κ3) is 2.51. The van der Waals surface area contributed by atoms with Gasteiger partial charge in [0.15, 0.2) is 5.78 Å². The maximum atomic E-state index is 14.5. The lowest BCUT2D eigenvalue weighted by molar-refractivity contribution is -0.384. The number of rotatable bonds is 3. The first-order valence-corrected chi connectivity index (χ1v) is 12.7. The number of ketones is 1. The lowest BCUT2D eigenvalue weighted by Gasteiger charge is -2.43. The molecule has 0 unspecified atom stereocenters. The Balaban J connectivity index is 1.57. The van der Waals surface area contributed by atoms with Gasteiger partial charge < -0.3 is 10.6 Å². The molecule has 0 saturated carbocycles. The fourth-order valence-corrected chi connectivity index (χ4v) is 7.64. The molecule has 3 aromatic rings. The van der Waals surface area contributed by atoms with E-state index in [1.807, 2.05) is 43.3 Å². The van der Waals surface area contributed by atoms with Gasteiger partial charge in [-0.3, -0.25) is 29.4 Å². The lowest BCUT2D eigenvalue weighted by atomic mass is 9.57. The Bertz CT molecular complexity index is 1600. The molecule has 190 valence electrons. The van der Waals surface area contributed by atoms with Crippen LogP contribution in [0.2, 0.25) is 0 Å². The van der Waals surface area contributed by atoms with Gasteiger partial charge in [-0.15, -0.1) is 0 Å². The molecular weight excluding hydrogens is 484 g/mol. The summed E-state index contributed by atoms with van der Waals surface area (Å²) in [5.74, 6) is -2.04. The lowest BCUT2D eigenvalue weighted by Crippen LogP contribution is -2.62. The molecule has 4 aliphatic rings. The molecule has 2 amide bonds. The number of amides is 2. The number of nitrogens with one attached hydrogen (secondary N) is 2. The van der Waals surface area contributed by atoms with Crippen LogP contribution in [0.15, 0.2) is 66.7 Å². The van der Waals surface area contributed by atoms with Crippen molar-refractivity contribution < 1.29 is 19.3 Å². The van der Waals surface area contributed by atoms with Crippen molar-refractivity contribution in [1.29, 1.82) is 0 Å². The second-order valence-corrected chi connectivity index (χ2v) is 10.6. The topological polar surface area (TPSA) is 122 Å². The Labute approximate surface area is 218 Å². The highest BCUT2D eigenvalue weighted by atomic mass is 16.6. The van der Waals surface area contributed by atoms with E-state index in [1.165, 1.54) is 18.2 Å². The Hall–Kier alpha value is -4.37. The molecule has 9 heteroatoms. The number of anilines is 2. The number of nitro benzene ring substituents is 1. The van der Waals surface area contributed by atoms with Crippen molar-refractivity contribution in [1.82, 2.24) is 4.90 Å². The Morgan fingerprint density at radius 1 is 0.974 bits per heavy atom. The van der Waals surface area contributed by atoms with E-state index < -0.39 is 33.7 Å². The number of nitro groups is 1. The number of carbonyl (C=O) groups excluding carboxylic acids is 3. The highest BCUT2D eigenvalue weighted by Gasteiger charge is 2.81. The number of Topliss-reactive ketones (excluding diaryl/α,β-unsaturated/α-hetero) is 1. The molecule has 4 atom stereocenters. The van der Waals surface area contributed by atoms with Gasteiger partial charge in [0, 0.05) is 40.7 Å². The standard InChI is InChI=1S/C29H24N4O5/c1-16-11-12-22-20(14-16)29(27(36)31-22)28(19-8-2-3-9-21(19)30-26(28)35)24(23-10-5-13-32(23)29)25(34)17-6-4-7-18(15-17)33(37)38/h2-4,6-9,11-12,14-15,23-24H,5,10,13H2,1H3,(H,30,35)(H,31,36)/t23-,24-,28+,29+/m0/s1. The first-order chi connectivity index (χ1) is 18.3. The zero-order chi connectivity index (χ0) is 26.4. The molecule has 3 aromatic carbocycles. The van der Waals surface area contributed by atoms with Crippen molar-refractivity contribution in [3.05, 3.63) is 99.1 Å². The van der Waals surface area contributed by atoms with Gasteiger partial charge in [0.05, 0.1) is 10.8 Å². The summed E-state index contributed by atoms with van der Waals surface area (Å²) in [5.41, 5.74) is 0.375. The van der Waals surface area contributed by atoms with Crippen LogP contribution in [0.3, 0.4) is 0 Å². The van der Waals surface area contributed by atoms with E-state index >= 15 is 0 Å². The summed E-state index contributed by atoms with van der Waals surface area (Å²) in [5, 5.41) is 17.6. The Morgan fingerprint density at radius 3 is 2.55 bits per heavy atom. The maximum Gasteiger partial charge on any atom is 0.270 e. The van der Waals surface area contributed by atoms with Gasteiger partial charge in [0.1, 0.15) is 11.0 Å². The highest BCUT2D eigenvalue weighted by Crippen LogP contribution is 2.67. The average Bonchev–Trinajstić information content (AvgIpc) is 3.62. The fourth-order valence-electron chi connectivity index (χ4n) is 7.64. The minimum Gasteiger partial charge on any atom is -0.325 e. The minimum atomic E-state index is -1.57. The number of nitrogens with zero attached hydrogens (tertiary/aromatic N) is 2. The SMILES string of the molecule is Cc1ccc2c(c1)[C@]1(C(=O)N2)N2CCC[C@H]2[C@@H](C(=O)c2cccc([N+](=O)[O-])c2)[C@]12C(=O)Nc1ccccc12. The summed E-state index contributed by atoms with van der Waals surface area (Å²) < 4.78 is 0. The van der Waals surface area contributed by atoms with E-state index in [4.69, 9.17) is 0 Å². The van der Waals surface area contributed by atoms with Crippen LogP contribution in [0.5, 0.6) is 0 Å².